The molecule has 9 heavy (non-hydrogen) atoms. The first-order valence-electron chi connectivity index (χ1n) is 2.59. The molecule has 0 aromatic carbocycles. The molecule has 0 aromatic rings. The molecule has 0 saturated heterocycles. The van der Waals surface area contributed by atoms with Crippen LogP contribution < -0.4 is 5.32 Å². The summed E-state index contributed by atoms with van der Waals surface area (Å²) in [5, 5.41) is 2.64. The van der Waals surface area contributed by atoms with Gasteiger partial charge in [0.2, 0.25) is 5.91 Å². The van der Waals surface area contributed by atoms with Crippen molar-refractivity contribution in [1.82, 2.24) is 5.32 Å². The van der Waals surface area contributed by atoms with Crippen LogP contribution >= 0.6 is 0 Å². The van der Waals surface area contributed by atoms with Gasteiger partial charge in [-0.15, -0.1) is 0 Å². The van der Waals surface area contributed by atoms with E-state index in [-0.39, 0.29) is 41.5 Å². The normalized spacial score (nSPS) is 7.89. The Kier molecular flexibility index (Phi) is 8.40. The molecule has 1 N–H and O–H groups in total. The molecular weight excluding hydrogens is 125 g/mol. The van der Waals surface area contributed by atoms with E-state index in [0.717, 1.165) is 0 Å². The summed E-state index contributed by atoms with van der Waals surface area (Å²) in [4.78, 5) is 10.4. The van der Waals surface area contributed by atoms with Crippen LogP contribution in [0, 0.1) is 0 Å². The number of hydrogen-bond acceptors (Lipinski definition) is 1. The van der Waals surface area contributed by atoms with Crippen molar-refractivity contribution in [2.24, 2.45) is 0 Å². The zero-order valence-electron chi connectivity index (χ0n) is 5.27. The van der Waals surface area contributed by atoms with Gasteiger partial charge >= 0.3 is 29.6 Å². The molecule has 0 spiro atoms. The van der Waals surface area contributed by atoms with E-state index in [0.29, 0.717) is 0 Å². The second-order valence-electron chi connectivity index (χ2n) is 1.87. The predicted octanol–water partition coefficient (Wildman–Crippen LogP) is 0.0485. The van der Waals surface area contributed by atoms with E-state index in [1.54, 1.807) is 0 Å². The molecule has 0 rings (SSSR count). The van der Waals surface area contributed by atoms with Crippen LogP contribution in [0.5, 0.6) is 0 Å². The maximum absolute atomic E-state index is 10.4. The molecule has 0 radical (unpaired) electrons. The van der Waals surface area contributed by atoms with Crippen molar-refractivity contribution < 1.29 is 4.79 Å². The number of nitrogens with one attached hydrogen (secondary N) is 1. The van der Waals surface area contributed by atoms with E-state index >= 15 is 0 Å². The van der Waals surface area contributed by atoms with Crippen molar-refractivity contribution in [3.63, 3.8) is 0 Å². The summed E-state index contributed by atoms with van der Waals surface area (Å²) < 4.78 is 0. The number of rotatable bonds is 2. The molecule has 0 saturated carbocycles. The van der Waals surface area contributed by atoms with Gasteiger partial charge in [-0.05, 0) is 19.9 Å². The fourth-order valence-electron chi connectivity index (χ4n) is 0.343. The van der Waals surface area contributed by atoms with Crippen LogP contribution in [0.3, 0.4) is 0 Å². The Morgan fingerprint density at radius 2 is 2.11 bits per heavy atom. The first kappa shape index (κ1) is 11.9. The van der Waals surface area contributed by atoms with Crippen molar-refractivity contribution in [3.05, 3.63) is 12.7 Å². The number of carbonyl (C=O) groups excluding carboxylic acids is 1. The summed E-state index contributed by atoms with van der Waals surface area (Å²) in [6, 6.07) is 0.209. The van der Waals surface area contributed by atoms with Crippen LogP contribution in [0.15, 0.2) is 12.7 Å². The second-order valence-corrected chi connectivity index (χ2v) is 1.87. The summed E-state index contributed by atoms with van der Waals surface area (Å²) in [7, 11) is 0. The number of hydrogen-bond donors (Lipinski definition) is 1. The molecule has 1 amide bonds. The Balaban J connectivity index is 0. The van der Waals surface area contributed by atoms with Gasteiger partial charge in [-0.3, -0.25) is 4.79 Å². The van der Waals surface area contributed by atoms with Gasteiger partial charge in [-0.25, -0.2) is 0 Å². The van der Waals surface area contributed by atoms with Crippen LogP contribution in [0.2, 0.25) is 0 Å². The summed E-state index contributed by atoms with van der Waals surface area (Å²) in [6.45, 7) is 7.11. The third-order valence-electron chi connectivity index (χ3n) is 0.616. The molecule has 0 bridgehead atoms. The van der Waals surface area contributed by atoms with Gasteiger partial charge in [0.15, 0.2) is 0 Å². The molecule has 0 aromatic heterocycles. The molecule has 0 aliphatic heterocycles. The molecule has 3 heteroatoms. The Morgan fingerprint density at radius 1 is 1.67 bits per heavy atom. The Morgan fingerprint density at radius 3 is 2.22 bits per heavy atom. The third-order valence-corrected chi connectivity index (χ3v) is 0.616. The monoisotopic (exact) mass is 137 g/mol. The Labute approximate surface area is 78.0 Å². The van der Waals surface area contributed by atoms with Gasteiger partial charge in [0, 0.05) is 6.04 Å². The summed E-state index contributed by atoms with van der Waals surface area (Å²) in [5.74, 6) is -0.111. The molecule has 0 fully saturated rings. The molecule has 0 atom stereocenters. The van der Waals surface area contributed by atoms with Crippen LogP contribution in [-0.4, -0.2) is 41.5 Å². The topological polar surface area (TPSA) is 29.1 Å². The van der Waals surface area contributed by atoms with Gasteiger partial charge in [0.25, 0.3) is 0 Å². The van der Waals surface area contributed by atoms with Crippen molar-refractivity contribution in [2.75, 3.05) is 0 Å². The van der Waals surface area contributed by atoms with Crippen molar-refractivity contribution >= 4 is 35.5 Å². The standard InChI is InChI=1S/C6H11NO.Na.H/c1-4-6(8)7-5(2)3;;/h4-5H,1H2,2-3H3,(H,7,8);;. The molecule has 0 heterocycles. The predicted molar refractivity (Wildman–Crippen MR) is 40.6 cm³/mol. The average Bonchev–Trinajstić information content (AvgIpc) is 1.65. The zero-order chi connectivity index (χ0) is 6.57. The van der Waals surface area contributed by atoms with Crippen LogP contribution in [0.25, 0.3) is 0 Å². The van der Waals surface area contributed by atoms with Crippen molar-refractivity contribution in [1.29, 1.82) is 0 Å². The molecule has 0 unspecified atom stereocenters. The summed E-state index contributed by atoms with van der Waals surface area (Å²) in [5.41, 5.74) is 0. The van der Waals surface area contributed by atoms with E-state index in [2.05, 4.69) is 11.9 Å². The fraction of sp³-hybridized carbons (Fsp3) is 0.500. The Bertz CT molecular complexity index is 101. The van der Waals surface area contributed by atoms with Gasteiger partial charge in [-0.2, -0.15) is 0 Å². The first-order valence-corrected chi connectivity index (χ1v) is 2.59. The maximum atomic E-state index is 10.4. The summed E-state index contributed by atoms with van der Waals surface area (Å²) in [6.07, 6.45) is 1.26. The number of amides is 1. The van der Waals surface area contributed by atoms with Crippen molar-refractivity contribution in [2.45, 2.75) is 19.9 Å². The second kappa shape index (κ2) is 6.33. The number of carbonyl (C=O) groups is 1. The van der Waals surface area contributed by atoms with Gasteiger partial charge in [-0.1, -0.05) is 6.58 Å². The molecule has 2 nitrogen and oxygen atoms in total. The molecular formula is C6H12NNaO. The minimum absolute atomic E-state index is 0. The van der Waals surface area contributed by atoms with Crippen LogP contribution in [0.1, 0.15) is 13.8 Å². The average molecular weight is 137 g/mol. The quantitative estimate of drug-likeness (QED) is 0.423. The van der Waals surface area contributed by atoms with E-state index in [1.807, 2.05) is 13.8 Å². The fourth-order valence-corrected chi connectivity index (χ4v) is 0.343. The van der Waals surface area contributed by atoms with Crippen LogP contribution in [0.4, 0.5) is 0 Å². The summed E-state index contributed by atoms with van der Waals surface area (Å²) >= 11 is 0. The van der Waals surface area contributed by atoms with E-state index in [9.17, 15) is 4.79 Å². The SMILES string of the molecule is C=CC(=O)NC(C)C.[NaH]. The van der Waals surface area contributed by atoms with Gasteiger partial charge in [0.1, 0.15) is 0 Å². The molecule has 0 aliphatic carbocycles. The zero-order valence-corrected chi connectivity index (χ0v) is 5.27. The van der Waals surface area contributed by atoms with E-state index < -0.39 is 0 Å². The molecule has 0 aliphatic rings. The van der Waals surface area contributed by atoms with Gasteiger partial charge < -0.3 is 5.32 Å². The van der Waals surface area contributed by atoms with Crippen molar-refractivity contribution in [3.8, 4) is 0 Å². The molecule has 48 valence electrons. The van der Waals surface area contributed by atoms with E-state index in [1.165, 1.54) is 6.08 Å². The van der Waals surface area contributed by atoms with E-state index in [4.69, 9.17) is 0 Å². The minimum atomic E-state index is -0.111. The van der Waals surface area contributed by atoms with Gasteiger partial charge in [0.05, 0.1) is 0 Å². The third kappa shape index (κ3) is 8.21. The van der Waals surface area contributed by atoms with Crippen LogP contribution in [-0.2, 0) is 4.79 Å². The first-order chi connectivity index (χ1) is 3.66. The Hall–Kier alpha value is 0.210.